The van der Waals surface area contributed by atoms with Crippen LogP contribution < -0.4 is 15.5 Å². The Morgan fingerprint density at radius 3 is 2.19 bits per heavy atom. The Morgan fingerprint density at radius 1 is 0.926 bits per heavy atom. The van der Waals surface area contributed by atoms with E-state index < -0.39 is 0 Å². The second kappa shape index (κ2) is 8.22. The summed E-state index contributed by atoms with van der Waals surface area (Å²) in [5, 5.41) is 5.66. The van der Waals surface area contributed by atoms with E-state index in [2.05, 4.69) is 39.6 Å². The van der Waals surface area contributed by atoms with Crippen LogP contribution in [0.3, 0.4) is 0 Å². The lowest BCUT2D eigenvalue weighted by molar-refractivity contribution is -0.114. The zero-order valence-corrected chi connectivity index (χ0v) is 16.1. The summed E-state index contributed by atoms with van der Waals surface area (Å²) in [7, 11) is 2.14. The van der Waals surface area contributed by atoms with Gasteiger partial charge in [-0.3, -0.25) is 9.59 Å². The molecule has 6 heteroatoms. The van der Waals surface area contributed by atoms with Crippen molar-refractivity contribution in [1.82, 2.24) is 4.90 Å². The van der Waals surface area contributed by atoms with E-state index in [1.54, 1.807) is 24.3 Å². The van der Waals surface area contributed by atoms with Gasteiger partial charge in [0.2, 0.25) is 5.91 Å². The third kappa shape index (κ3) is 4.86. The van der Waals surface area contributed by atoms with Gasteiger partial charge in [-0.15, -0.1) is 0 Å². The van der Waals surface area contributed by atoms with Gasteiger partial charge < -0.3 is 20.4 Å². The van der Waals surface area contributed by atoms with Crippen LogP contribution in [0.25, 0.3) is 0 Å². The van der Waals surface area contributed by atoms with Crippen molar-refractivity contribution >= 4 is 28.9 Å². The maximum absolute atomic E-state index is 12.5. The summed E-state index contributed by atoms with van der Waals surface area (Å²) < 4.78 is 0. The first-order chi connectivity index (χ1) is 12.9. The molecule has 0 saturated carbocycles. The van der Waals surface area contributed by atoms with Crippen LogP contribution in [-0.4, -0.2) is 49.9 Å². The number of benzene rings is 2. The number of likely N-dealkylation sites (N-methyl/N-ethyl adjacent to an activating group) is 1. The van der Waals surface area contributed by atoms with E-state index in [1.807, 2.05) is 13.0 Å². The van der Waals surface area contributed by atoms with Gasteiger partial charge in [0.1, 0.15) is 0 Å². The van der Waals surface area contributed by atoms with E-state index in [1.165, 1.54) is 12.6 Å². The van der Waals surface area contributed by atoms with Gasteiger partial charge in [-0.05, 0) is 62.0 Å². The third-order valence-corrected chi connectivity index (χ3v) is 4.79. The van der Waals surface area contributed by atoms with Crippen LogP contribution in [0.5, 0.6) is 0 Å². The van der Waals surface area contributed by atoms with Gasteiger partial charge in [-0.25, -0.2) is 0 Å². The van der Waals surface area contributed by atoms with Gasteiger partial charge in [0.05, 0.1) is 0 Å². The van der Waals surface area contributed by atoms with Gasteiger partial charge in [0, 0.05) is 55.7 Å². The van der Waals surface area contributed by atoms with Crippen molar-refractivity contribution in [2.75, 3.05) is 48.8 Å². The first kappa shape index (κ1) is 18.9. The van der Waals surface area contributed by atoms with Crippen molar-refractivity contribution in [2.45, 2.75) is 13.8 Å². The lowest BCUT2D eigenvalue weighted by Crippen LogP contribution is -2.44. The van der Waals surface area contributed by atoms with E-state index in [4.69, 9.17) is 0 Å². The Kier molecular flexibility index (Phi) is 5.76. The molecule has 2 amide bonds. The Morgan fingerprint density at radius 2 is 1.59 bits per heavy atom. The summed E-state index contributed by atoms with van der Waals surface area (Å²) in [4.78, 5) is 28.3. The van der Waals surface area contributed by atoms with Gasteiger partial charge in [0.25, 0.3) is 5.91 Å². The number of aryl methyl sites for hydroxylation is 1. The van der Waals surface area contributed by atoms with Crippen molar-refractivity contribution in [1.29, 1.82) is 0 Å². The Balaban J connectivity index is 1.66. The quantitative estimate of drug-likeness (QED) is 0.873. The fourth-order valence-corrected chi connectivity index (χ4v) is 3.15. The maximum Gasteiger partial charge on any atom is 0.255 e. The molecule has 0 aliphatic carbocycles. The van der Waals surface area contributed by atoms with Crippen molar-refractivity contribution in [3.8, 4) is 0 Å². The van der Waals surface area contributed by atoms with Gasteiger partial charge in [-0.2, -0.15) is 0 Å². The van der Waals surface area contributed by atoms with E-state index >= 15 is 0 Å². The highest BCUT2D eigenvalue weighted by Gasteiger charge is 2.15. The molecule has 0 unspecified atom stereocenters. The van der Waals surface area contributed by atoms with Crippen molar-refractivity contribution in [2.24, 2.45) is 0 Å². The Bertz CT molecular complexity index is 825. The minimum atomic E-state index is -0.167. The summed E-state index contributed by atoms with van der Waals surface area (Å²) in [6.45, 7) is 7.62. The highest BCUT2D eigenvalue weighted by molar-refractivity contribution is 6.05. The standard InChI is InChI=1S/C21H26N4O2/c1-15-14-19(25-12-10-24(3)11-13-25)8-9-20(15)23-21(27)17-4-6-18(7-5-17)22-16(2)26/h4-9,14H,10-13H2,1-3H3,(H,22,26)(H,23,27). The van der Waals surface area contributed by atoms with Crippen LogP contribution in [0.2, 0.25) is 0 Å². The van der Waals surface area contributed by atoms with Crippen LogP contribution in [0.15, 0.2) is 42.5 Å². The summed E-state index contributed by atoms with van der Waals surface area (Å²) in [5.74, 6) is -0.303. The first-order valence-corrected chi connectivity index (χ1v) is 9.15. The van der Waals surface area contributed by atoms with Crippen LogP contribution in [0.1, 0.15) is 22.8 Å². The average Bonchev–Trinajstić information content (AvgIpc) is 2.64. The zero-order chi connectivity index (χ0) is 19.4. The molecule has 27 heavy (non-hydrogen) atoms. The van der Waals surface area contributed by atoms with Crippen molar-refractivity contribution < 1.29 is 9.59 Å². The highest BCUT2D eigenvalue weighted by atomic mass is 16.2. The highest BCUT2D eigenvalue weighted by Crippen LogP contribution is 2.24. The molecule has 6 nitrogen and oxygen atoms in total. The molecule has 1 aliphatic heterocycles. The van der Waals surface area contributed by atoms with E-state index in [0.717, 1.165) is 37.4 Å². The molecule has 1 aliphatic rings. The van der Waals surface area contributed by atoms with Gasteiger partial charge in [-0.1, -0.05) is 0 Å². The van der Waals surface area contributed by atoms with E-state index in [-0.39, 0.29) is 11.8 Å². The molecule has 1 saturated heterocycles. The molecule has 0 radical (unpaired) electrons. The van der Waals surface area contributed by atoms with Crippen LogP contribution in [0.4, 0.5) is 17.1 Å². The predicted octanol–water partition coefficient (Wildman–Crippen LogP) is 2.96. The summed E-state index contributed by atoms with van der Waals surface area (Å²) in [6.07, 6.45) is 0. The largest absolute Gasteiger partial charge is 0.369 e. The van der Waals surface area contributed by atoms with E-state index in [0.29, 0.717) is 11.3 Å². The normalized spacial score (nSPS) is 14.7. The minimum Gasteiger partial charge on any atom is -0.369 e. The predicted molar refractivity (Wildman–Crippen MR) is 110 cm³/mol. The number of piperazine rings is 1. The number of rotatable bonds is 4. The number of carbonyl (C=O) groups is 2. The topological polar surface area (TPSA) is 64.7 Å². The molecule has 0 aromatic heterocycles. The third-order valence-electron chi connectivity index (χ3n) is 4.79. The number of nitrogens with one attached hydrogen (secondary N) is 2. The molecule has 3 rings (SSSR count). The summed E-state index contributed by atoms with van der Waals surface area (Å²) in [6, 6.07) is 13.0. The molecule has 1 fully saturated rings. The maximum atomic E-state index is 12.5. The second-order valence-corrected chi connectivity index (χ2v) is 7.00. The van der Waals surface area contributed by atoms with Crippen LogP contribution in [-0.2, 0) is 4.79 Å². The Hall–Kier alpha value is -2.86. The molecule has 0 spiro atoms. The van der Waals surface area contributed by atoms with E-state index in [9.17, 15) is 9.59 Å². The number of nitrogens with zero attached hydrogens (tertiary/aromatic N) is 2. The van der Waals surface area contributed by atoms with Crippen LogP contribution in [0, 0.1) is 6.92 Å². The average molecular weight is 366 g/mol. The molecule has 2 aromatic carbocycles. The number of anilines is 3. The molecule has 1 heterocycles. The molecule has 0 atom stereocenters. The lowest BCUT2D eigenvalue weighted by atomic mass is 10.1. The van der Waals surface area contributed by atoms with Crippen molar-refractivity contribution in [3.05, 3.63) is 53.6 Å². The smallest absolute Gasteiger partial charge is 0.255 e. The number of amides is 2. The fourth-order valence-electron chi connectivity index (χ4n) is 3.15. The van der Waals surface area contributed by atoms with Gasteiger partial charge in [0.15, 0.2) is 0 Å². The molecular formula is C21H26N4O2. The van der Waals surface area contributed by atoms with Crippen molar-refractivity contribution in [3.63, 3.8) is 0 Å². The first-order valence-electron chi connectivity index (χ1n) is 9.15. The number of carbonyl (C=O) groups excluding carboxylic acids is 2. The van der Waals surface area contributed by atoms with Gasteiger partial charge >= 0.3 is 0 Å². The molecule has 142 valence electrons. The van der Waals surface area contributed by atoms with Crippen LogP contribution >= 0.6 is 0 Å². The Labute approximate surface area is 160 Å². The molecule has 2 aromatic rings. The monoisotopic (exact) mass is 366 g/mol. The molecular weight excluding hydrogens is 340 g/mol. The molecule has 2 N–H and O–H groups in total. The second-order valence-electron chi connectivity index (χ2n) is 7.00. The minimum absolute atomic E-state index is 0.136. The number of hydrogen-bond acceptors (Lipinski definition) is 4. The fraction of sp³-hybridized carbons (Fsp3) is 0.333. The lowest BCUT2D eigenvalue weighted by Gasteiger charge is -2.34. The zero-order valence-electron chi connectivity index (χ0n) is 16.1. The summed E-state index contributed by atoms with van der Waals surface area (Å²) >= 11 is 0. The summed E-state index contributed by atoms with van der Waals surface area (Å²) in [5.41, 5.74) is 4.26. The molecule has 0 bridgehead atoms. The SMILES string of the molecule is CC(=O)Nc1ccc(C(=O)Nc2ccc(N3CCN(C)CC3)cc2C)cc1. The number of hydrogen-bond donors (Lipinski definition) is 2.